The van der Waals surface area contributed by atoms with Crippen LogP contribution >= 0.6 is 0 Å². The molecule has 0 fully saturated rings. The fourth-order valence-corrected chi connectivity index (χ4v) is 4.17. The summed E-state index contributed by atoms with van der Waals surface area (Å²) < 4.78 is 55.9. The summed E-state index contributed by atoms with van der Waals surface area (Å²) >= 11 is 0. The molecule has 1 aromatic carbocycles. The van der Waals surface area contributed by atoms with Gasteiger partial charge in [-0.2, -0.15) is 9.78 Å². The van der Waals surface area contributed by atoms with E-state index in [1.54, 1.807) is 18.1 Å². The number of aliphatic hydroxyl groups excluding tert-OH is 1. The Hall–Kier alpha value is -4.12. The average molecular weight is 485 g/mol. The van der Waals surface area contributed by atoms with Gasteiger partial charge in [-0.05, 0) is 17.2 Å². The average Bonchev–Trinajstić information content (AvgIpc) is 3.44. The monoisotopic (exact) mass is 485 g/mol. The van der Waals surface area contributed by atoms with E-state index in [0.717, 1.165) is 11.8 Å². The number of H-pyrrole nitrogens is 1. The molecule has 0 saturated heterocycles. The zero-order valence-electron chi connectivity index (χ0n) is 18.5. The van der Waals surface area contributed by atoms with Gasteiger partial charge in [0.05, 0.1) is 17.3 Å². The van der Waals surface area contributed by atoms with Crippen molar-refractivity contribution < 1.29 is 22.7 Å². The molecule has 7 nitrogen and oxygen atoms in total. The van der Waals surface area contributed by atoms with Crippen LogP contribution in [0.1, 0.15) is 11.1 Å². The number of rotatable bonds is 3. The second-order valence-corrected chi connectivity index (χ2v) is 8.23. The molecule has 0 amide bonds. The Morgan fingerprint density at radius 1 is 1.06 bits per heavy atom. The van der Waals surface area contributed by atoms with Crippen molar-refractivity contribution in [2.45, 2.75) is 12.5 Å². The third kappa shape index (κ3) is 3.73. The highest BCUT2D eigenvalue weighted by Crippen LogP contribution is 2.40. The van der Waals surface area contributed by atoms with E-state index in [1.165, 1.54) is 23.9 Å². The predicted octanol–water partition coefficient (Wildman–Crippen LogP) is 4.03. The summed E-state index contributed by atoms with van der Waals surface area (Å²) in [5.74, 6) is -0.892. The lowest BCUT2D eigenvalue weighted by Crippen LogP contribution is -2.28. The number of aliphatic hydroxyl groups is 1. The summed E-state index contributed by atoms with van der Waals surface area (Å²) in [5, 5.41) is 13.7. The van der Waals surface area contributed by atoms with Gasteiger partial charge in [0.25, 0.3) is 5.56 Å². The summed E-state index contributed by atoms with van der Waals surface area (Å²) in [6, 6.07) is 9.23. The van der Waals surface area contributed by atoms with Crippen LogP contribution < -0.4 is 5.56 Å². The van der Waals surface area contributed by atoms with Gasteiger partial charge in [0.2, 0.25) is 0 Å². The van der Waals surface area contributed by atoms with Crippen molar-refractivity contribution in [2.24, 2.45) is 7.05 Å². The first kappa shape index (κ1) is 22.7. The maximum atomic E-state index is 15.8. The van der Waals surface area contributed by atoms with Crippen molar-refractivity contribution in [1.82, 2.24) is 24.2 Å². The first-order valence-corrected chi connectivity index (χ1v) is 10.5. The molecule has 0 aliphatic carbocycles. The van der Waals surface area contributed by atoms with Crippen LogP contribution in [0.5, 0.6) is 0 Å². The van der Waals surface area contributed by atoms with Crippen LogP contribution in [0.4, 0.5) is 17.6 Å². The summed E-state index contributed by atoms with van der Waals surface area (Å²) in [5.41, 5.74) is 1.10. The van der Waals surface area contributed by atoms with Gasteiger partial charge in [0, 0.05) is 49.4 Å². The number of hydrogen-bond acceptors (Lipinski definition) is 4. The van der Waals surface area contributed by atoms with E-state index in [9.17, 15) is 23.1 Å². The number of aromatic nitrogens is 4. The molecule has 1 aliphatic rings. The number of aryl methyl sites for hydroxylation is 1. The molecule has 1 aliphatic heterocycles. The van der Waals surface area contributed by atoms with Gasteiger partial charge in [0.1, 0.15) is 11.7 Å². The Bertz CT molecular complexity index is 1560. The van der Waals surface area contributed by atoms with E-state index in [1.807, 2.05) is 30.3 Å². The zero-order chi connectivity index (χ0) is 25.1. The number of hydrogen-bond donors (Lipinski definition) is 2. The van der Waals surface area contributed by atoms with Gasteiger partial charge in [-0.15, -0.1) is 13.2 Å². The molecular formula is C24H19F4N5O2. The van der Waals surface area contributed by atoms with Crippen LogP contribution in [-0.4, -0.2) is 42.6 Å². The quantitative estimate of drug-likeness (QED) is 0.430. The molecular weight excluding hydrogens is 466 g/mol. The SMILES string of the molecule is CN1C=C(c2ccccc2)C(c2cn(C)c(=O)c3[nH]c(-c4cnn(C(F)(F)F)c4)c(F)c23)=CC1O. The first-order chi connectivity index (χ1) is 16.6. The van der Waals surface area contributed by atoms with Crippen LogP contribution in [0, 0.1) is 5.82 Å². The normalized spacial score (nSPS) is 16.5. The van der Waals surface area contributed by atoms with Crippen LogP contribution in [0.15, 0.2) is 66.0 Å². The molecule has 5 rings (SSSR count). The van der Waals surface area contributed by atoms with Crippen molar-refractivity contribution in [3.05, 3.63) is 88.5 Å². The largest absolute Gasteiger partial charge is 0.504 e. The first-order valence-electron chi connectivity index (χ1n) is 10.5. The number of halogens is 4. The summed E-state index contributed by atoms with van der Waals surface area (Å²) in [4.78, 5) is 17.1. The molecule has 4 heterocycles. The molecule has 0 saturated carbocycles. The fraction of sp³-hybridized carbons (Fsp3) is 0.167. The Morgan fingerprint density at radius 2 is 1.77 bits per heavy atom. The van der Waals surface area contributed by atoms with Crippen LogP contribution in [-0.2, 0) is 13.3 Å². The van der Waals surface area contributed by atoms with Crippen LogP contribution in [0.25, 0.3) is 33.3 Å². The number of nitrogens with one attached hydrogen (secondary N) is 1. The van der Waals surface area contributed by atoms with Gasteiger partial charge < -0.3 is 19.6 Å². The van der Waals surface area contributed by atoms with Gasteiger partial charge in [-0.1, -0.05) is 30.3 Å². The molecule has 180 valence electrons. The topological polar surface area (TPSA) is 79.1 Å². The lowest BCUT2D eigenvalue weighted by atomic mass is 9.89. The number of alkyl halides is 3. The summed E-state index contributed by atoms with van der Waals surface area (Å²) in [6.45, 7) is 0. The molecule has 1 unspecified atom stereocenters. The van der Waals surface area contributed by atoms with Crippen molar-refractivity contribution in [1.29, 1.82) is 0 Å². The molecule has 1 atom stereocenters. The third-order valence-corrected chi connectivity index (χ3v) is 5.93. The molecule has 11 heteroatoms. The Balaban J connectivity index is 1.76. The second-order valence-electron chi connectivity index (χ2n) is 8.23. The molecule has 35 heavy (non-hydrogen) atoms. The zero-order valence-corrected chi connectivity index (χ0v) is 18.5. The number of allylic oxidation sites excluding steroid dienone is 2. The molecule has 3 aromatic heterocycles. The minimum Gasteiger partial charge on any atom is -0.370 e. The van der Waals surface area contributed by atoms with Gasteiger partial charge in [-0.3, -0.25) is 4.79 Å². The van der Waals surface area contributed by atoms with E-state index < -0.39 is 23.9 Å². The van der Waals surface area contributed by atoms with E-state index in [4.69, 9.17) is 0 Å². The van der Waals surface area contributed by atoms with E-state index in [2.05, 4.69) is 10.1 Å². The highest BCUT2D eigenvalue weighted by Gasteiger charge is 2.33. The minimum atomic E-state index is -4.77. The lowest BCUT2D eigenvalue weighted by molar-refractivity contribution is -0.212. The van der Waals surface area contributed by atoms with Gasteiger partial charge in [-0.25, -0.2) is 4.39 Å². The lowest BCUT2D eigenvalue weighted by Gasteiger charge is -2.28. The Kier molecular flexibility index (Phi) is 5.17. The van der Waals surface area contributed by atoms with Crippen molar-refractivity contribution in [3.8, 4) is 11.3 Å². The summed E-state index contributed by atoms with van der Waals surface area (Å²) in [6.07, 6.45) is 0.430. The predicted molar refractivity (Wildman–Crippen MR) is 122 cm³/mol. The fourth-order valence-electron chi connectivity index (χ4n) is 4.17. The number of pyridine rings is 1. The Labute approximate surface area is 195 Å². The van der Waals surface area contributed by atoms with Crippen LogP contribution in [0.3, 0.4) is 0 Å². The van der Waals surface area contributed by atoms with E-state index in [0.29, 0.717) is 22.9 Å². The molecule has 2 N–H and O–H groups in total. The number of benzene rings is 1. The third-order valence-electron chi connectivity index (χ3n) is 5.93. The number of aromatic amines is 1. The van der Waals surface area contributed by atoms with Crippen molar-refractivity contribution in [2.75, 3.05) is 7.05 Å². The van der Waals surface area contributed by atoms with E-state index >= 15 is 4.39 Å². The van der Waals surface area contributed by atoms with Crippen molar-refractivity contribution >= 4 is 22.0 Å². The van der Waals surface area contributed by atoms with Crippen LogP contribution in [0.2, 0.25) is 0 Å². The molecule has 0 spiro atoms. The van der Waals surface area contributed by atoms with Crippen molar-refractivity contribution in [3.63, 3.8) is 0 Å². The van der Waals surface area contributed by atoms with E-state index in [-0.39, 0.29) is 26.8 Å². The second kappa shape index (κ2) is 7.98. The summed E-state index contributed by atoms with van der Waals surface area (Å²) in [7, 11) is 3.17. The highest BCUT2D eigenvalue weighted by atomic mass is 19.4. The number of likely N-dealkylation sites (N-methyl/N-ethyl adjacent to an activating group) is 1. The van der Waals surface area contributed by atoms with Gasteiger partial charge >= 0.3 is 6.30 Å². The highest BCUT2D eigenvalue weighted by molar-refractivity contribution is 6.11. The maximum absolute atomic E-state index is 15.8. The number of fused-ring (bicyclic) bond motifs is 1. The Morgan fingerprint density at radius 3 is 2.43 bits per heavy atom. The number of nitrogens with zero attached hydrogens (tertiary/aromatic N) is 4. The van der Waals surface area contributed by atoms with Gasteiger partial charge in [0.15, 0.2) is 5.82 Å². The molecule has 4 aromatic rings. The maximum Gasteiger partial charge on any atom is 0.504 e. The molecule has 0 radical (unpaired) electrons. The smallest absolute Gasteiger partial charge is 0.370 e. The molecule has 0 bridgehead atoms. The standard InChI is InChI=1S/C24H19F4N5O2/c1-31-11-16(13-6-4-3-5-7-13)15(8-18(31)34)17-12-32(2)23(35)22-19(17)20(25)21(30-22)14-9-29-33(10-14)24(26,27)28/h3-12,18,30,34H,1-2H3. The minimum absolute atomic E-state index is 0.0901.